The molecule has 0 saturated heterocycles. The Morgan fingerprint density at radius 2 is 1.41 bits per heavy atom. The van der Waals surface area contributed by atoms with E-state index < -0.39 is 21.1 Å². The molecule has 2 aromatic carbocycles. The molecule has 2 bridgehead atoms. The molecule has 2 saturated carbocycles. The van der Waals surface area contributed by atoms with Crippen molar-refractivity contribution in [3.63, 3.8) is 0 Å². The number of nitrogens with zero attached hydrogens (tertiary/aromatic N) is 1. The molecule has 0 heterocycles. The van der Waals surface area contributed by atoms with Gasteiger partial charge in [-0.15, -0.1) is 0 Å². The highest BCUT2D eigenvalue weighted by Gasteiger charge is 2.77. The molecule has 2 aliphatic rings. The quantitative estimate of drug-likeness (QED) is 0.570. The Labute approximate surface area is 181 Å². The Kier molecular flexibility index (Phi) is 4.97. The van der Waals surface area contributed by atoms with Crippen LogP contribution in [0.3, 0.4) is 0 Å². The third-order valence-corrected chi connectivity index (χ3v) is 9.02. The standard InChI is InChI=1S/C25H28BrNO2/c1-23(2)24(3)14-15-25(23,20(26)21(24)28)22(29)27(16-18-10-6-4-7-11-18)17-19-12-8-5-9-13-19/h4-13,20H,14-17H2,1-3H3/t20-,24+,25-/m1/s1. The van der Waals surface area contributed by atoms with E-state index in [4.69, 9.17) is 0 Å². The predicted octanol–water partition coefficient (Wildman–Crippen LogP) is 5.37. The molecule has 4 heteroatoms. The van der Waals surface area contributed by atoms with Gasteiger partial charge in [0.05, 0.1) is 10.2 Å². The van der Waals surface area contributed by atoms with Gasteiger partial charge < -0.3 is 4.90 Å². The normalized spacial score (nSPS) is 29.8. The number of alkyl halides is 1. The summed E-state index contributed by atoms with van der Waals surface area (Å²) in [5.41, 5.74) is 0.641. The fourth-order valence-electron chi connectivity index (χ4n) is 5.51. The number of carbonyl (C=O) groups is 2. The average molecular weight is 454 g/mol. The molecule has 2 fully saturated rings. The van der Waals surface area contributed by atoms with Gasteiger partial charge in [0.2, 0.25) is 5.91 Å². The van der Waals surface area contributed by atoms with Crippen molar-refractivity contribution in [1.82, 2.24) is 4.90 Å². The van der Waals surface area contributed by atoms with Gasteiger partial charge in [0, 0.05) is 18.5 Å². The monoisotopic (exact) mass is 453 g/mol. The van der Waals surface area contributed by atoms with E-state index in [9.17, 15) is 9.59 Å². The molecule has 0 aliphatic heterocycles. The number of hydrogen-bond donors (Lipinski definition) is 0. The first-order valence-corrected chi connectivity index (χ1v) is 11.2. The van der Waals surface area contributed by atoms with Gasteiger partial charge >= 0.3 is 0 Å². The van der Waals surface area contributed by atoms with Crippen LogP contribution in [0.4, 0.5) is 0 Å². The van der Waals surface area contributed by atoms with Gasteiger partial charge in [-0.2, -0.15) is 0 Å². The van der Waals surface area contributed by atoms with E-state index in [2.05, 4.69) is 54.0 Å². The van der Waals surface area contributed by atoms with E-state index in [0.717, 1.165) is 24.0 Å². The molecule has 2 aliphatic carbocycles. The van der Waals surface area contributed by atoms with E-state index in [-0.39, 0.29) is 11.7 Å². The SMILES string of the molecule is CC1(C)[C@@]2(C)CC[C@]1(C(=O)N(Cc1ccccc1)Cc1ccccc1)[C@H](Br)C2=O. The molecule has 4 rings (SSSR count). The highest BCUT2D eigenvalue weighted by molar-refractivity contribution is 9.10. The summed E-state index contributed by atoms with van der Waals surface area (Å²) in [6.45, 7) is 7.35. The maximum absolute atomic E-state index is 14.2. The molecule has 0 aromatic heterocycles. The summed E-state index contributed by atoms with van der Waals surface area (Å²) in [7, 11) is 0. The minimum atomic E-state index is -0.706. The minimum absolute atomic E-state index is 0.0895. The lowest BCUT2D eigenvalue weighted by Gasteiger charge is -2.43. The summed E-state index contributed by atoms with van der Waals surface area (Å²) >= 11 is 3.67. The van der Waals surface area contributed by atoms with Gasteiger partial charge in [0.1, 0.15) is 0 Å². The van der Waals surface area contributed by atoms with E-state index in [1.165, 1.54) is 0 Å². The van der Waals surface area contributed by atoms with Crippen molar-refractivity contribution in [3.05, 3.63) is 71.8 Å². The predicted molar refractivity (Wildman–Crippen MR) is 118 cm³/mol. The highest BCUT2D eigenvalue weighted by Crippen LogP contribution is 2.72. The Bertz CT molecular complexity index is 885. The maximum Gasteiger partial charge on any atom is 0.231 e. The number of fused-ring (bicyclic) bond motifs is 2. The lowest BCUT2D eigenvalue weighted by atomic mass is 9.64. The Hall–Kier alpha value is -1.94. The molecule has 0 unspecified atom stereocenters. The van der Waals surface area contributed by atoms with Gasteiger partial charge in [-0.25, -0.2) is 0 Å². The van der Waals surface area contributed by atoms with Crippen LogP contribution in [0.15, 0.2) is 60.7 Å². The molecular formula is C25H28BrNO2. The highest BCUT2D eigenvalue weighted by atomic mass is 79.9. The summed E-state index contributed by atoms with van der Waals surface area (Å²) in [5.74, 6) is 0.271. The molecular weight excluding hydrogens is 426 g/mol. The van der Waals surface area contributed by atoms with E-state index in [1.54, 1.807) is 0 Å². The zero-order chi connectivity index (χ0) is 20.9. The van der Waals surface area contributed by atoms with E-state index >= 15 is 0 Å². The van der Waals surface area contributed by atoms with Crippen molar-refractivity contribution in [2.24, 2.45) is 16.2 Å². The zero-order valence-electron chi connectivity index (χ0n) is 17.3. The average Bonchev–Trinajstić information content (AvgIpc) is 3.00. The first kappa shape index (κ1) is 20.3. The van der Waals surface area contributed by atoms with Crippen LogP contribution < -0.4 is 0 Å². The molecule has 2 aromatic rings. The molecule has 1 amide bonds. The second kappa shape index (κ2) is 7.09. The van der Waals surface area contributed by atoms with Crippen LogP contribution in [0.25, 0.3) is 0 Å². The maximum atomic E-state index is 14.2. The number of halogens is 1. The number of ketones is 1. The lowest BCUT2D eigenvalue weighted by molar-refractivity contribution is -0.148. The van der Waals surface area contributed by atoms with Crippen LogP contribution in [0.2, 0.25) is 0 Å². The summed E-state index contributed by atoms with van der Waals surface area (Å²) in [5, 5.41) is 0. The van der Waals surface area contributed by atoms with Crippen molar-refractivity contribution in [1.29, 1.82) is 0 Å². The van der Waals surface area contributed by atoms with Crippen LogP contribution in [0.1, 0.15) is 44.7 Å². The largest absolute Gasteiger partial charge is 0.333 e. The summed E-state index contributed by atoms with van der Waals surface area (Å²) in [6, 6.07) is 20.2. The van der Waals surface area contributed by atoms with Gasteiger partial charge in [-0.05, 0) is 29.4 Å². The summed E-state index contributed by atoms with van der Waals surface area (Å²) in [6.07, 6.45) is 1.52. The summed E-state index contributed by atoms with van der Waals surface area (Å²) in [4.78, 5) is 28.9. The van der Waals surface area contributed by atoms with Crippen LogP contribution in [0, 0.1) is 16.2 Å². The molecule has 152 valence electrons. The number of Topliss-reactive ketones (excluding diaryl/α,β-unsaturated/α-hetero) is 1. The minimum Gasteiger partial charge on any atom is -0.333 e. The smallest absolute Gasteiger partial charge is 0.231 e. The molecule has 0 radical (unpaired) electrons. The van der Waals surface area contributed by atoms with Crippen molar-refractivity contribution in [2.75, 3.05) is 0 Å². The van der Waals surface area contributed by atoms with E-state index in [0.29, 0.717) is 13.1 Å². The molecule has 3 atom stereocenters. The fourth-order valence-corrected chi connectivity index (χ4v) is 7.02. The topological polar surface area (TPSA) is 37.4 Å². The molecule has 3 nitrogen and oxygen atoms in total. The van der Waals surface area contributed by atoms with E-state index in [1.807, 2.05) is 48.2 Å². The van der Waals surface area contributed by atoms with Crippen LogP contribution in [-0.2, 0) is 22.7 Å². The molecule has 29 heavy (non-hydrogen) atoms. The first-order chi connectivity index (χ1) is 13.7. The number of rotatable bonds is 5. The lowest BCUT2D eigenvalue weighted by Crippen LogP contribution is -2.52. The second-order valence-electron chi connectivity index (χ2n) is 9.29. The first-order valence-electron chi connectivity index (χ1n) is 10.3. The number of benzene rings is 2. The number of hydrogen-bond acceptors (Lipinski definition) is 2. The molecule has 0 spiro atoms. The Balaban J connectivity index is 1.74. The summed E-state index contributed by atoms with van der Waals surface area (Å²) < 4.78 is 0. The van der Waals surface area contributed by atoms with Crippen molar-refractivity contribution in [3.8, 4) is 0 Å². The van der Waals surface area contributed by atoms with Gasteiger partial charge in [-0.1, -0.05) is 97.4 Å². The zero-order valence-corrected chi connectivity index (χ0v) is 18.9. The van der Waals surface area contributed by atoms with Crippen LogP contribution in [-0.4, -0.2) is 21.4 Å². The Morgan fingerprint density at radius 3 is 1.83 bits per heavy atom. The van der Waals surface area contributed by atoms with Crippen molar-refractivity contribution < 1.29 is 9.59 Å². The van der Waals surface area contributed by atoms with Gasteiger partial charge in [0.15, 0.2) is 5.78 Å². The fraction of sp³-hybridized carbons (Fsp3) is 0.440. The number of carbonyl (C=O) groups excluding carboxylic acids is 2. The van der Waals surface area contributed by atoms with Crippen molar-refractivity contribution >= 4 is 27.6 Å². The third-order valence-electron chi connectivity index (χ3n) is 7.82. The van der Waals surface area contributed by atoms with Gasteiger partial charge in [-0.3, -0.25) is 9.59 Å². The van der Waals surface area contributed by atoms with Gasteiger partial charge in [0.25, 0.3) is 0 Å². The second-order valence-corrected chi connectivity index (χ2v) is 10.2. The van der Waals surface area contributed by atoms with Crippen molar-refractivity contribution in [2.45, 2.75) is 51.5 Å². The van der Waals surface area contributed by atoms with Crippen LogP contribution in [0.5, 0.6) is 0 Å². The third kappa shape index (κ3) is 2.83. The number of amides is 1. The van der Waals surface area contributed by atoms with Crippen LogP contribution >= 0.6 is 15.9 Å². The molecule has 0 N–H and O–H groups in total. The Morgan fingerprint density at radius 1 is 0.931 bits per heavy atom.